The maximum Gasteiger partial charge on any atom is 0.448 e. The first-order chi connectivity index (χ1) is 64.8. The molecular weight excluding hydrogens is 2200 g/mol. The molecule has 13 aliphatic rings. The second-order valence-corrected chi connectivity index (χ2v) is 49.9. The highest BCUT2D eigenvalue weighted by Crippen LogP contribution is 2.63. The fraction of sp³-hybridized carbons (Fsp3) is 0.805. The van der Waals surface area contributed by atoms with E-state index in [0.717, 1.165) is 152 Å². The summed E-state index contributed by atoms with van der Waals surface area (Å²) in [5.41, 5.74) is -1.02. The number of hydrogen-bond donors (Lipinski definition) is 4. The monoisotopic (exact) mass is 2300 g/mol. The number of aromatic nitrogens is 1. The average molecular weight is 2300 g/mol. The molecule has 824 valence electrons. The molecule has 3 unspecified atom stereocenters. The Morgan fingerprint density at radius 3 is 1.16 bits per heavy atom. The minimum absolute atomic E-state index is 0.00623. The first kappa shape index (κ1) is 122. The lowest BCUT2D eigenvalue weighted by Gasteiger charge is -2.56. The summed E-state index contributed by atoms with van der Waals surface area (Å²) in [6.45, 7) is -2.73. The van der Waals surface area contributed by atoms with Gasteiger partial charge in [-0.3, -0.25) is 18.5 Å². The zero-order chi connectivity index (χ0) is 109. The molecule has 1 saturated heterocycles. The second kappa shape index (κ2) is 43.7. The van der Waals surface area contributed by atoms with Crippen molar-refractivity contribution in [2.24, 2.45) is 52.8 Å². The quantitative estimate of drug-likeness (QED) is 0.0238. The average Bonchev–Trinajstić information content (AvgIpc) is 1.31. The number of benzene rings is 2. The number of esters is 1. The van der Waals surface area contributed by atoms with Crippen LogP contribution in [0.5, 0.6) is 5.75 Å². The van der Waals surface area contributed by atoms with Gasteiger partial charge in [-0.2, -0.15) is 147 Å². The van der Waals surface area contributed by atoms with Gasteiger partial charge in [0.15, 0.2) is 6.61 Å². The van der Waals surface area contributed by atoms with E-state index in [0.29, 0.717) is 92.9 Å². The number of carbonyl (C=O) groups is 1. The molecule has 2 aromatic carbocycles. The van der Waals surface area contributed by atoms with Crippen LogP contribution in [0.4, 0.5) is 123 Å². The Morgan fingerprint density at radius 2 is 0.783 bits per heavy atom. The Morgan fingerprint density at radius 1 is 0.427 bits per heavy atom. The molecule has 3 atom stereocenters. The van der Waals surface area contributed by atoms with Crippen LogP contribution in [0.3, 0.4) is 0 Å². The van der Waals surface area contributed by atoms with E-state index in [1.165, 1.54) is 16.9 Å². The van der Waals surface area contributed by atoms with Crippen molar-refractivity contribution >= 4 is 109 Å². The van der Waals surface area contributed by atoms with Gasteiger partial charge in [0.05, 0.1) is 10.9 Å². The molecule has 0 amide bonds. The molecule has 1 aliphatic heterocycles. The second-order valence-electron chi connectivity index (χ2n) is 37.4. The number of para-hydroxylation sites is 1. The number of nitrogens with zero attached hydrogens (tertiary/aromatic N) is 2. The number of nitrogens with one attached hydrogen (secondary N) is 1. The molecule has 0 radical (unpaired) electrons. The summed E-state index contributed by atoms with van der Waals surface area (Å²) in [6.07, 6.45) is 8.82. The Kier molecular flexibility index (Phi) is 37.4. The van der Waals surface area contributed by atoms with Crippen molar-refractivity contribution in [3.63, 3.8) is 0 Å². The summed E-state index contributed by atoms with van der Waals surface area (Å²) >= 11 is 0. The zero-order valence-corrected chi connectivity index (χ0v) is 81.1. The van der Waals surface area contributed by atoms with E-state index in [2.05, 4.69) is 4.74 Å². The van der Waals surface area contributed by atoms with E-state index in [1.807, 2.05) is 12.1 Å². The maximum atomic E-state index is 14.5. The van der Waals surface area contributed by atoms with Crippen LogP contribution in [-0.4, -0.2) is 217 Å². The lowest BCUT2D eigenvalue weighted by atomic mass is 9.49. The maximum absolute atomic E-state index is 14.5. The van der Waals surface area contributed by atoms with Crippen molar-refractivity contribution in [2.45, 2.75) is 308 Å². The highest BCUT2D eigenvalue weighted by Gasteiger charge is 2.85. The summed E-state index contributed by atoms with van der Waals surface area (Å²) in [6, 6.07) is 9.27. The molecule has 0 spiro atoms. The van der Waals surface area contributed by atoms with Crippen molar-refractivity contribution in [3.8, 4) is 5.75 Å². The van der Waals surface area contributed by atoms with Crippen LogP contribution in [0.2, 0.25) is 0 Å². The number of carbonyl (C=O) groups excluding carboxylic acids is 1. The van der Waals surface area contributed by atoms with E-state index in [-0.39, 0.29) is 99.1 Å². The summed E-state index contributed by atoms with van der Waals surface area (Å²) in [7, 11) is -51.7. The molecule has 16 rings (SSSR count). The van der Waals surface area contributed by atoms with E-state index < -0.39 is 200 Å². The van der Waals surface area contributed by atoms with Gasteiger partial charge in [0.25, 0.3) is 20.0 Å². The Hall–Kier alpha value is -6.02. The molecule has 12 saturated carbocycles. The molecule has 4 N–H and O–H groups in total. The number of alkyl halides is 28. The molecule has 3 aromatic rings. The number of fused-ring (bicyclic) bond motifs is 2. The van der Waals surface area contributed by atoms with Gasteiger partial charge in [0.1, 0.15) is 5.75 Å². The van der Waals surface area contributed by atoms with Crippen LogP contribution >= 0.6 is 0 Å². The van der Waals surface area contributed by atoms with Crippen LogP contribution in [0.25, 0.3) is 10.9 Å². The van der Waals surface area contributed by atoms with E-state index in [9.17, 15) is 187 Å². The SMILES string of the molecule is O=C(OCC(F)(C(F)(F)F)S(=O)(=O)O)C12CC3CC(CC(C3)C1)C2.O=S(=O)(N1CCC2CCCCC2C1)C(F)(F)C(F)(F)C(F)F.O=S(=O)(O)C(F)(F)C(F)(F)C(F)(F)S(=O)(=O)NC12CC3CC(CC(C3)C1)C2.O=S(=O)(O)C(F)(F)C(F)(F)C(F)(F)S(=O)(=O)n1ccc2ccccc21.O=S(=O)(Oc1c(C2CCCCC2)cc(C2CCCCC2)cc1C1CCCCC1)C(F)(F)C(F)(F)C(F)F.O=S(=O)=O.O=S(=O)=O. The number of hydrogen-bond acceptors (Lipinski definition) is 23. The van der Waals surface area contributed by atoms with Gasteiger partial charge < -0.3 is 8.92 Å². The van der Waals surface area contributed by atoms with Gasteiger partial charge in [-0.25, -0.2) is 47.5 Å². The zero-order valence-electron chi connectivity index (χ0n) is 73.8. The van der Waals surface area contributed by atoms with Crippen LogP contribution in [0.15, 0.2) is 48.7 Å². The number of ether oxygens (including phenoxy) is 1. The number of rotatable bonds is 27. The molecule has 29 nitrogen and oxygen atoms in total. The molecule has 12 aliphatic carbocycles. The molecule has 1 aromatic heterocycles. The van der Waals surface area contributed by atoms with Crippen molar-refractivity contribution in [1.82, 2.24) is 13.0 Å². The number of halogens is 28. The first-order valence-electron chi connectivity index (χ1n) is 43.5. The Balaban J connectivity index is 0.000000217. The summed E-state index contributed by atoms with van der Waals surface area (Å²) in [4.78, 5) is 12.4. The Bertz CT molecular complexity index is 5990. The lowest BCUT2D eigenvalue weighted by molar-refractivity contribution is -0.246. The van der Waals surface area contributed by atoms with Crippen molar-refractivity contribution in [3.05, 3.63) is 65.4 Å². The largest absolute Gasteiger partial charge is 0.460 e. The van der Waals surface area contributed by atoms with Crippen LogP contribution in [0, 0.1) is 52.8 Å². The fourth-order valence-electron chi connectivity index (χ4n) is 21.5. The van der Waals surface area contributed by atoms with Gasteiger partial charge in [-0.1, -0.05) is 107 Å². The van der Waals surface area contributed by atoms with E-state index >= 15 is 0 Å². The summed E-state index contributed by atoms with van der Waals surface area (Å²) in [5.74, 6) is -26.3. The predicted octanol–water partition coefficient (Wildman–Crippen LogP) is 18.3. The van der Waals surface area contributed by atoms with Crippen LogP contribution in [0.1, 0.15) is 240 Å². The smallest absolute Gasteiger partial charge is 0.448 e. The lowest BCUT2D eigenvalue weighted by Crippen LogP contribution is -2.67. The highest BCUT2D eigenvalue weighted by atomic mass is 32.2. The van der Waals surface area contributed by atoms with Crippen molar-refractivity contribution < 1.29 is 234 Å². The molecule has 143 heavy (non-hydrogen) atoms. The minimum atomic E-state index is -7.05. The van der Waals surface area contributed by atoms with Gasteiger partial charge >= 0.3 is 157 Å². The fourth-order valence-corrected chi connectivity index (χ4v) is 28.3. The van der Waals surface area contributed by atoms with Crippen LogP contribution < -0.4 is 8.91 Å². The highest BCUT2D eigenvalue weighted by molar-refractivity contribution is 7.92. The number of piperidine rings is 1. The molecule has 13 fully saturated rings. The van der Waals surface area contributed by atoms with Gasteiger partial charge in [0.2, 0.25) is 0 Å². The normalized spacial score (nSPS) is 26.0. The molecule has 2 heterocycles. The Labute approximate surface area is 803 Å². The van der Waals surface area contributed by atoms with Crippen molar-refractivity contribution in [1.29, 1.82) is 0 Å². The number of sulfonamides is 2. The van der Waals surface area contributed by atoms with Gasteiger partial charge in [-0.05, 0) is 222 Å². The molecular formula is C77H95F28N3O26S9. The molecule has 8 bridgehead atoms. The third-order valence-electron chi connectivity index (χ3n) is 27.8. The first-order valence-corrected chi connectivity index (χ1v) is 55.6. The third kappa shape index (κ3) is 24.9. The summed E-state index contributed by atoms with van der Waals surface area (Å²) in [5, 5.41) is -43.5. The minimum Gasteiger partial charge on any atom is -0.460 e. The summed E-state index contributed by atoms with van der Waals surface area (Å²) < 4.78 is 621. The van der Waals surface area contributed by atoms with Gasteiger partial charge in [0, 0.05) is 30.2 Å². The van der Waals surface area contributed by atoms with E-state index in [1.54, 1.807) is 0 Å². The van der Waals surface area contributed by atoms with Gasteiger partial charge in [-0.15, -0.1) is 25.3 Å². The topological polar surface area (TPSA) is 458 Å². The predicted molar refractivity (Wildman–Crippen MR) is 440 cm³/mol. The standard InChI is InChI=1S/C27H36F6O3S.C14H18F4O5S.C13H17F6NO5S2.C12H17F6NO2S.C11H7F6NO5S2.2O3S/c28-25(29)26(30,31)27(32,33)37(34,35)36-24-22(19-12-6-2-7-13-19)16-21(18-10-4-1-5-11-18)17-23(24)20-14-8-3-9-15-20;15-13(14(16,17)18,24(20,21)22)7-23-11(19)12-4-8-1-9(5-12)3-10(2-8)6-12;14-11(15,13(18,19)27(23,24)25)12(16,17)26(21,22)20-10-4-7-1-8(5-10)3-9(2-7)6-10;13-10(14)11(15,16)12(17,18)22(20,21)19-6-5-8-3-1-2-4-9(8)7-19;12-9(13,11(16,17)25(21,22)23)10(14,15)24(19,20)18-6-5-7-3-1-2-4-8(7)18;2*1-4(2)3/h16-20,25H,1-15H2;8-10H,1-7H2,(H,20,21,22);7-9,20H,1-6H2,(H,23,24,25);8-10H,1-7H2;1-6H,(H,21,22,23);;. The molecule has 66 heteroatoms. The van der Waals surface area contributed by atoms with E-state index in [4.69, 9.17) is 43.1 Å². The van der Waals surface area contributed by atoms with Crippen molar-refractivity contribution in [2.75, 3.05) is 19.7 Å². The third-order valence-corrected chi connectivity index (χ3v) is 37.3. The van der Waals surface area contributed by atoms with Crippen LogP contribution in [-0.2, 0) is 101 Å².